The monoisotopic (exact) mass is 242 g/mol. The van der Waals surface area contributed by atoms with Gasteiger partial charge in [0.15, 0.2) is 0 Å². The molecule has 18 heavy (non-hydrogen) atoms. The molecule has 0 atom stereocenters. The van der Waals surface area contributed by atoms with Crippen LogP contribution in [0.4, 0.5) is 5.69 Å². The highest BCUT2D eigenvalue weighted by atomic mass is 16.1. The van der Waals surface area contributed by atoms with Gasteiger partial charge in [-0.2, -0.15) is 0 Å². The van der Waals surface area contributed by atoms with Crippen molar-refractivity contribution in [3.63, 3.8) is 0 Å². The van der Waals surface area contributed by atoms with Crippen molar-refractivity contribution in [1.82, 2.24) is 15.3 Å². The highest BCUT2D eigenvalue weighted by Gasteiger charge is 2.07. The second kappa shape index (κ2) is 5.27. The summed E-state index contributed by atoms with van der Waals surface area (Å²) in [4.78, 5) is 19.8. The molecule has 0 radical (unpaired) electrons. The minimum absolute atomic E-state index is 0.216. The van der Waals surface area contributed by atoms with Gasteiger partial charge in [0, 0.05) is 18.9 Å². The van der Waals surface area contributed by atoms with Crippen molar-refractivity contribution in [3.05, 3.63) is 53.6 Å². The Morgan fingerprint density at radius 2 is 2.17 bits per heavy atom. The number of carbonyl (C=O) groups excluding carboxylic acids is 1. The third kappa shape index (κ3) is 2.82. The van der Waals surface area contributed by atoms with Crippen LogP contribution in [0.3, 0.4) is 0 Å². The Balaban J connectivity index is 2.01. The first-order valence-electron chi connectivity index (χ1n) is 5.56. The summed E-state index contributed by atoms with van der Waals surface area (Å²) in [6.07, 6.45) is 4.94. The lowest BCUT2D eigenvalue weighted by atomic mass is 10.1. The van der Waals surface area contributed by atoms with Crippen LogP contribution >= 0.6 is 0 Å². The Kier molecular flexibility index (Phi) is 3.52. The zero-order valence-corrected chi connectivity index (χ0v) is 10.1. The summed E-state index contributed by atoms with van der Waals surface area (Å²) in [5.74, 6) is -0.216. The average molecular weight is 242 g/mol. The molecule has 2 rings (SSSR count). The Labute approximate surface area is 105 Å². The third-order valence-electron chi connectivity index (χ3n) is 2.59. The van der Waals surface area contributed by atoms with E-state index in [4.69, 9.17) is 5.73 Å². The van der Waals surface area contributed by atoms with Crippen LogP contribution < -0.4 is 11.1 Å². The molecule has 0 bridgehead atoms. The molecule has 0 fully saturated rings. The van der Waals surface area contributed by atoms with Crippen molar-refractivity contribution >= 4 is 11.6 Å². The van der Waals surface area contributed by atoms with Crippen LogP contribution in [0.1, 0.15) is 21.6 Å². The van der Waals surface area contributed by atoms with Crippen LogP contribution in [0.2, 0.25) is 0 Å². The topological polar surface area (TPSA) is 80.9 Å². The van der Waals surface area contributed by atoms with Gasteiger partial charge in [0.05, 0.1) is 11.9 Å². The molecular weight excluding hydrogens is 228 g/mol. The van der Waals surface area contributed by atoms with Crippen LogP contribution in [0.15, 0.2) is 36.8 Å². The number of pyridine rings is 2. The van der Waals surface area contributed by atoms with Crippen LogP contribution in [0.25, 0.3) is 0 Å². The largest absolute Gasteiger partial charge is 0.397 e. The first kappa shape index (κ1) is 12.0. The summed E-state index contributed by atoms with van der Waals surface area (Å²) in [5.41, 5.74) is 8.49. The van der Waals surface area contributed by atoms with E-state index >= 15 is 0 Å². The van der Waals surface area contributed by atoms with Crippen molar-refractivity contribution in [2.45, 2.75) is 13.5 Å². The van der Waals surface area contributed by atoms with Crippen molar-refractivity contribution in [2.75, 3.05) is 5.73 Å². The number of nitrogens with two attached hydrogens (primary N) is 1. The second-order valence-electron chi connectivity index (χ2n) is 3.96. The smallest absolute Gasteiger partial charge is 0.270 e. The molecule has 0 aliphatic heterocycles. The van der Waals surface area contributed by atoms with E-state index in [1.807, 2.05) is 13.0 Å². The van der Waals surface area contributed by atoms with Gasteiger partial charge < -0.3 is 11.1 Å². The minimum atomic E-state index is -0.216. The summed E-state index contributed by atoms with van der Waals surface area (Å²) < 4.78 is 0. The average Bonchev–Trinajstić information content (AvgIpc) is 2.38. The van der Waals surface area contributed by atoms with E-state index in [0.29, 0.717) is 17.9 Å². The molecular formula is C13H14N4O. The first-order chi connectivity index (χ1) is 8.66. The number of rotatable bonds is 3. The number of hydrogen-bond donors (Lipinski definition) is 2. The van der Waals surface area contributed by atoms with Gasteiger partial charge >= 0.3 is 0 Å². The predicted octanol–water partition coefficient (Wildman–Crippen LogP) is 1.30. The minimum Gasteiger partial charge on any atom is -0.397 e. The van der Waals surface area contributed by atoms with Crippen molar-refractivity contribution < 1.29 is 4.79 Å². The lowest BCUT2D eigenvalue weighted by Crippen LogP contribution is -2.24. The lowest BCUT2D eigenvalue weighted by Gasteiger charge is -2.07. The number of amides is 1. The summed E-state index contributed by atoms with van der Waals surface area (Å²) in [7, 11) is 0. The zero-order valence-electron chi connectivity index (χ0n) is 10.1. The van der Waals surface area contributed by atoms with Crippen LogP contribution in [-0.4, -0.2) is 15.9 Å². The number of carbonyl (C=O) groups is 1. The number of hydrogen-bond acceptors (Lipinski definition) is 4. The molecule has 1 amide bonds. The van der Waals surface area contributed by atoms with E-state index in [2.05, 4.69) is 15.3 Å². The van der Waals surface area contributed by atoms with E-state index in [1.165, 1.54) is 6.20 Å². The van der Waals surface area contributed by atoms with E-state index in [0.717, 1.165) is 11.1 Å². The van der Waals surface area contributed by atoms with E-state index in [-0.39, 0.29) is 5.91 Å². The molecule has 2 aromatic rings. The van der Waals surface area contributed by atoms with Gasteiger partial charge in [-0.15, -0.1) is 0 Å². The third-order valence-corrected chi connectivity index (χ3v) is 2.59. The van der Waals surface area contributed by atoms with Gasteiger partial charge in [-0.05, 0) is 36.2 Å². The number of nitrogens with zero attached hydrogens (tertiary/aromatic N) is 2. The molecule has 5 heteroatoms. The zero-order chi connectivity index (χ0) is 13.0. The summed E-state index contributed by atoms with van der Waals surface area (Å²) in [5, 5.41) is 2.81. The Bertz CT molecular complexity index is 551. The summed E-state index contributed by atoms with van der Waals surface area (Å²) in [6.45, 7) is 2.41. The van der Waals surface area contributed by atoms with Gasteiger partial charge in [-0.3, -0.25) is 9.78 Å². The molecule has 0 aliphatic rings. The van der Waals surface area contributed by atoms with E-state index in [9.17, 15) is 4.79 Å². The highest BCUT2D eigenvalue weighted by Crippen LogP contribution is 2.05. The SMILES string of the molecule is Cc1cnccc1CNC(=O)c1ccc(N)cn1. The Morgan fingerprint density at radius 3 is 2.83 bits per heavy atom. The van der Waals surface area contributed by atoms with E-state index in [1.54, 1.807) is 24.5 Å². The fourth-order valence-electron chi connectivity index (χ4n) is 1.51. The Morgan fingerprint density at radius 1 is 1.33 bits per heavy atom. The molecule has 0 aliphatic carbocycles. The van der Waals surface area contributed by atoms with Gasteiger partial charge in [-0.25, -0.2) is 4.98 Å². The highest BCUT2D eigenvalue weighted by molar-refractivity contribution is 5.92. The molecule has 92 valence electrons. The second-order valence-corrected chi connectivity index (χ2v) is 3.96. The van der Waals surface area contributed by atoms with Gasteiger partial charge in [-0.1, -0.05) is 0 Å². The molecule has 0 saturated carbocycles. The number of nitrogens with one attached hydrogen (secondary N) is 1. The van der Waals surface area contributed by atoms with Crippen LogP contribution in [-0.2, 0) is 6.54 Å². The molecule has 3 N–H and O–H groups in total. The molecule has 2 aromatic heterocycles. The van der Waals surface area contributed by atoms with Crippen molar-refractivity contribution in [1.29, 1.82) is 0 Å². The Hall–Kier alpha value is -2.43. The van der Waals surface area contributed by atoms with Gasteiger partial charge in [0.1, 0.15) is 5.69 Å². The van der Waals surface area contributed by atoms with Crippen LogP contribution in [0, 0.1) is 6.92 Å². The van der Waals surface area contributed by atoms with Crippen LogP contribution in [0.5, 0.6) is 0 Å². The molecule has 0 spiro atoms. The van der Waals surface area contributed by atoms with E-state index < -0.39 is 0 Å². The maximum Gasteiger partial charge on any atom is 0.270 e. The van der Waals surface area contributed by atoms with Gasteiger partial charge in [0.2, 0.25) is 0 Å². The maximum atomic E-state index is 11.8. The fraction of sp³-hybridized carbons (Fsp3) is 0.154. The fourth-order valence-corrected chi connectivity index (χ4v) is 1.51. The standard InChI is InChI=1S/C13H14N4O/c1-9-6-15-5-4-10(9)7-17-13(18)12-3-2-11(14)8-16-12/h2-6,8H,7,14H2,1H3,(H,17,18). The number of aromatic nitrogens is 2. The molecule has 0 aromatic carbocycles. The van der Waals surface area contributed by atoms with Crippen molar-refractivity contribution in [3.8, 4) is 0 Å². The number of nitrogen functional groups attached to an aromatic ring is 1. The lowest BCUT2D eigenvalue weighted by molar-refractivity contribution is 0.0946. The number of anilines is 1. The summed E-state index contributed by atoms with van der Waals surface area (Å²) in [6, 6.07) is 5.13. The number of aryl methyl sites for hydroxylation is 1. The van der Waals surface area contributed by atoms with Crippen molar-refractivity contribution in [2.24, 2.45) is 0 Å². The molecule has 0 saturated heterocycles. The molecule has 2 heterocycles. The normalized spacial score (nSPS) is 10.1. The first-order valence-corrected chi connectivity index (χ1v) is 5.56. The molecule has 5 nitrogen and oxygen atoms in total. The molecule has 0 unspecified atom stereocenters. The summed E-state index contributed by atoms with van der Waals surface area (Å²) >= 11 is 0. The van der Waals surface area contributed by atoms with Gasteiger partial charge in [0.25, 0.3) is 5.91 Å². The maximum absolute atomic E-state index is 11.8. The quantitative estimate of drug-likeness (QED) is 0.850. The predicted molar refractivity (Wildman–Crippen MR) is 68.8 cm³/mol.